The van der Waals surface area contributed by atoms with Gasteiger partial charge in [0.05, 0.1) is 18.4 Å². The van der Waals surface area contributed by atoms with Gasteiger partial charge in [-0.25, -0.2) is 19.6 Å². The second-order valence-electron chi connectivity index (χ2n) is 11.6. The zero-order chi connectivity index (χ0) is 35.4. The number of esters is 1. The second kappa shape index (κ2) is 16.7. The van der Waals surface area contributed by atoms with Gasteiger partial charge in [-0.3, -0.25) is 14.4 Å². The van der Waals surface area contributed by atoms with Crippen molar-refractivity contribution in [2.45, 2.75) is 58.2 Å². The van der Waals surface area contributed by atoms with E-state index in [9.17, 15) is 29.1 Å². The minimum atomic E-state index is -1.38. The Morgan fingerprint density at radius 3 is 2.35 bits per heavy atom. The third-order valence-electron chi connectivity index (χ3n) is 6.42. The van der Waals surface area contributed by atoms with E-state index in [1.807, 2.05) is 4.90 Å². The summed E-state index contributed by atoms with van der Waals surface area (Å²) >= 11 is 0. The molecule has 2 heterocycles. The molecule has 0 saturated carbocycles. The van der Waals surface area contributed by atoms with E-state index in [1.165, 1.54) is 12.1 Å². The number of hydrogen-bond acceptors (Lipinski definition) is 14. The van der Waals surface area contributed by atoms with Crippen molar-refractivity contribution < 1.29 is 38.6 Å². The Kier molecular flexibility index (Phi) is 12.7. The molecule has 0 spiro atoms. The van der Waals surface area contributed by atoms with Gasteiger partial charge in [-0.15, -0.1) is 0 Å². The van der Waals surface area contributed by atoms with Crippen molar-refractivity contribution in [3.05, 3.63) is 41.7 Å². The number of ether oxygens (including phenoxy) is 2. The summed E-state index contributed by atoms with van der Waals surface area (Å²) in [6, 6.07) is 5.04. The first-order valence-electron chi connectivity index (χ1n) is 14.9. The zero-order valence-corrected chi connectivity index (χ0v) is 27.1. The van der Waals surface area contributed by atoms with Crippen molar-refractivity contribution in [3.8, 4) is 0 Å². The lowest BCUT2D eigenvalue weighted by Gasteiger charge is -2.19. The van der Waals surface area contributed by atoms with Crippen LogP contribution in [0.25, 0.3) is 11.2 Å². The summed E-state index contributed by atoms with van der Waals surface area (Å²) in [4.78, 5) is 78.6. The molecule has 18 nitrogen and oxygen atoms in total. The molecule has 0 bridgehead atoms. The first-order chi connectivity index (χ1) is 22.6. The summed E-state index contributed by atoms with van der Waals surface area (Å²) in [5, 5.41) is 17.1. The van der Waals surface area contributed by atoms with E-state index in [1.54, 1.807) is 46.1 Å². The van der Waals surface area contributed by atoms with Crippen LogP contribution in [0.5, 0.6) is 0 Å². The molecule has 0 saturated heterocycles. The Labute approximate surface area is 276 Å². The molecule has 2 aromatic heterocycles. The monoisotopic (exact) mass is 668 g/mol. The highest BCUT2D eigenvalue weighted by atomic mass is 16.6. The smallest absolute Gasteiger partial charge is 0.407 e. The Bertz CT molecular complexity index is 1630. The minimum absolute atomic E-state index is 0.00176. The maximum Gasteiger partial charge on any atom is 0.407 e. The van der Waals surface area contributed by atoms with E-state index in [-0.39, 0.29) is 48.9 Å². The van der Waals surface area contributed by atoms with Gasteiger partial charge < -0.3 is 46.9 Å². The van der Waals surface area contributed by atoms with Crippen molar-refractivity contribution in [1.82, 2.24) is 35.9 Å². The number of amides is 3. The van der Waals surface area contributed by atoms with E-state index < -0.39 is 48.1 Å². The summed E-state index contributed by atoms with van der Waals surface area (Å²) in [6.45, 7) is 5.49. The molecule has 0 unspecified atom stereocenters. The summed E-state index contributed by atoms with van der Waals surface area (Å²) in [6.07, 6.45) is 0.784. The quantitative estimate of drug-likeness (QED) is 0.0964. The van der Waals surface area contributed by atoms with Crippen molar-refractivity contribution in [2.24, 2.45) is 0 Å². The number of carboxylic acid groups (broad SMARTS) is 1. The topological polar surface area (TPSA) is 267 Å². The Hall–Kier alpha value is -5.81. The number of nitrogens with zero attached hydrogens (tertiary/aromatic N) is 5. The van der Waals surface area contributed by atoms with E-state index in [0.717, 1.165) is 5.69 Å². The minimum Gasteiger partial charge on any atom is -0.480 e. The fraction of sp³-hybridized carbons (Fsp3) is 0.433. The summed E-state index contributed by atoms with van der Waals surface area (Å²) in [5.74, 6) is -3.24. The third-order valence-corrected chi connectivity index (χ3v) is 6.42. The number of rotatable bonds is 15. The number of aromatic nitrogens is 4. The number of aliphatic carboxylic acids is 1. The molecular weight excluding hydrogens is 628 g/mol. The van der Waals surface area contributed by atoms with Crippen molar-refractivity contribution >= 4 is 58.5 Å². The van der Waals surface area contributed by atoms with Gasteiger partial charge in [0.1, 0.15) is 11.6 Å². The van der Waals surface area contributed by atoms with Gasteiger partial charge in [0.15, 0.2) is 23.6 Å². The number of anilines is 3. The zero-order valence-electron chi connectivity index (χ0n) is 27.1. The Morgan fingerprint density at radius 1 is 1.00 bits per heavy atom. The number of nitrogen functional groups attached to an aromatic ring is 2. The van der Waals surface area contributed by atoms with Crippen LogP contribution in [0.15, 0.2) is 30.5 Å². The average molecular weight is 669 g/mol. The SMILES string of the molecule is CN(Cc1cnc2nc(N)nc(N)c2n1)c1ccc(C(=O)N[C@@H](CCC(=O)OCC(=O)NCCCNC(=O)OC(C)(C)C)C(=O)O)cc1. The van der Waals surface area contributed by atoms with Gasteiger partial charge in [0, 0.05) is 37.8 Å². The Morgan fingerprint density at radius 2 is 1.69 bits per heavy atom. The highest BCUT2D eigenvalue weighted by molar-refractivity contribution is 5.97. The van der Waals surface area contributed by atoms with Crippen LogP contribution in [0.2, 0.25) is 0 Å². The maximum atomic E-state index is 12.8. The molecule has 3 amide bonds. The lowest BCUT2D eigenvalue weighted by Crippen LogP contribution is -2.41. The largest absolute Gasteiger partial charge is 0.480 e. The molecule has 3 rings (SSSR count). The van der Waals surface area contributed by atoms with Crippen molar-refractivity contribution in [1.29, 1.82) is 0 Å². The number of carboxylic acids is 1. The average Bonchev–Trinajstić information content (AvgIpc) is 3.01. The first kappa shape index (κ1) is 36.7. The molecule has 0 aliphatic carbocycles. The fourth-order valence-corrected chi connectivity index (χ4v) is 4.11. The van der Waals surface area contributed by atoms with Crippen LogP contribution in [-0.4, -0.2) is 93.3 Å². The maximum absolute atomic E-state index is 12.8. The molecule has 0 aliphatic heterocycles. The molecule has 48 heavy (non-hydrogen) atoms. The van der Waals surface area contributed by atoms with E-state index in [2.05, 4.69) is 35.9 Å². The number of fused-ring (bicyclic) bond motifs is 1. The van der Waals surface area contributed by atoms with Crippen molar-refractivity contribution in [2.75, 3.05) is 43.1 Å². The van der Waals surface area contributed by atoms with Crippen molar-refractivity contribution in [3.63, 3.8) is 0 Å². The van der Waals surface area contributed by atoms with Gasteiger partial charge in [-0.05, 0) is 57.9 Å². The third kappa shape index (κ3) is 11.8. The predicted molar refractivity (Wildman–Crippen MR) is 173 cm³/mol. The molecule has 1 atom stereocenters. The van der Waals surface area contributed by atoms with Gasteiger partial charge in [0.2, 0.25) is 5.95 Å². The van der Waals surface area contributed by atoms with Crippen LogP contribution in [0, 0.1) is 0 Å². The van der Waals surface area contributed by atoms with E-state index in [4.69, 9.17) is 20.9 Å². The highest BCUT2D eigenvalue weighted by Gasteiger charge is 2.23. The van der Waals surface area contributed by atoms with Crippen LogP contribution in [-0.2, 0) is 30.4 Å². The molecule has 1 aromatic carbocycles. The second-order valence-corrected chi connectivity index (χ2v) is 11.6. The number of carbonyl (C=O) groups is 5. The summed E-state index contributed by atoms with van der Waals surface area (Å²) in [5.41, 5.74) is 13.0. The summed E-state index contributed by atoms with van der Waals surface area (Å²) < 4.78 is 10.0. The number of carbonyl (C=O) groups excluding carboxylic acids is 4. The van der Waals surface area contributed by atoms with Crippen LogP contribution in [0.4, 0.5) is 22.2 Å². The fourth-order valence-electron chi connectivity index (χ4n) is 4.11. The van der Waals surface area contributed by atoms with E-state index in [0.29, 0.717) is 24.2 Å². The molecular formula is C30H40N10O8. The number of nitrogens with one attached hydrogen (secondary N) is 3. The van der Waals surface area contributed by atoms with Gasteiger partial charge in [-0.2, -0.15) is 9.97 Å². The number of nitrogens with two attached hydrogens (primary N) is 2. The molecule has 0 radical (unpaired) electrons. The lowest BCUT2D eigenvalue weighted by atomic mass is 10.1. The lowest BCUT2D eigenvalue weighted by molar-refractivity contribution is -0.149. The van der Waals surface area contributed by atoms with Crippen LogP contribution in [0.1, 0.15) is 56.1 Å². The molecule has 3 aromatic rings. The molecule has 0 aliphatic rings. The number of alkyl carbamates (subject to hydrolysis) is 1. The van der Waals surface area contributed by atoms with Crippen LogP contribution >= 0.6 is 0 Å². The van der Waals surface area contributed by atoms with Crippen LogP contribution < -0.4 is 32.3 Å². The number of hydrogen-bond donors (Lipinski definition) is 6. The Balaban J connectivity index is 1.41. The van der Waals surface area contributed by atoms with Gasteiger partial charge in [0.25, 0.3) is 11.8 Å². The summed E-state index contributed by atoms with van der Waals surface area (Å²) in [7, 11) is 1.81. The highest BCUT2D eigenvalue weighted by Crippen LogP contribution is 2.19. The van der Waals surface area contributed by atoms with Gasteiger partial charge in [-0.1, -0.05) is 0 Å². The van der Waals surface area contributed by atoms with E-state index >= 15 is 0 Å². The molecule has 0 fully saturated rings. The number of benzene rings is 1. The molecule has 18 heteroatoms. The first-order valence-corrected chi connectivity index (χ1v) is 14.9. The van der Waals surface area contributed by atoms with Crippen LogP contribution in [0.3, 0.4) is 0 Å². The predicted octanol–water partition coefficient (Wildman–Crippen LogP) is 0.758. The normalized spacial score (nSPS) is 11.7. The molecule has 258 valence electrons. The van der Waals surface area contributed by atoms with Gasteiger partial charge >= 0.3 is 18.0 Å². The molecule has 8 N–H and O–H groups in total. The standard InChI is InChI=1S/C30H40N10O8/c1-30(2,3)48-29(46)34-13-5-12-33-21(41)16-47-22(42)11-10-20(27(44)45)37-26(43)17-6-8-19(9-7-17)40(4)15-18-14-35-25-23(36-18)24(31)38-28(32)39-25/h6-9,14,20H,5,10-13,15-16H2,1-4H3,(H,33,41)(H,34,46)(H,37,43)(H,44,45)(H4,31,32,35,38,39)/t20-/m0/s1.